The van der Waals surface area contributed by atoms with Crippen molar-refractivity contribution >= 4 is 0 Å². The van der Waals surface area contributed by atoms with E-state index in [0.717, 1.165) is 30.1 Å². The molecule has 0 aliphatic heterocycles. The molecular weight excluding hydrogens is 226 g/mol. The van der Waals surface area contributed by atoms with Gasteiger partial charge in [-0.2, -0.15) is 0 Å². The smallest absolute Gasteiger partial charge is 0.127 e. The lowest BCUT2D eigenvalue weighted by atomic mass is 10.1. The van der Waals surface area contributed by atoms with Crippen molar-refractivity contribution in [2.45, 2.75) is 39.7 Å². The van der Waals surface area contributed by atoms with Crippen molar-refractivity contribution in [1.82, 2.24) is 0 Å². The Labute approximate surface area is 110 Å². The van der Waals surface area contributed by atoms with E-state index in [2.05, 4.69) is 13.8 Å². The quantitative estimate of drug-likeness (QED) is 0.754. The van der Waals surface area contributed by atoms with Crippen molar-refractivity contribution < 1.29 is 9.47 Å². The second kappa shape index (κ2) is 7.27. The molecular formula is C15H25NO2. The van der Waals surface area contributed by atoms with Crippen LogP contribution < -0.4 is 15.2 Å². The third kappa shape index (κ3) is 4.22. The van der Waals surface area contributed by atoms with Gasteiger partial charge < -0.3 is 15.2 Å². The van der Waals surface area contributed by atoms with E-state index in [-0.39, 0.29) is 6.04 Å². The lowest BCUT2D eigenvalue weighted by molar-refractivity contribution is 0.290. The summed E-state index contributed by atoms with van der Waals surface area (Å²) in [5.74, 6) is 2.35. The predicted octanol–water partition coefficient (Wildman–Crippen LogP) is 3.53. The normalized spacial score (nSPS) is 12.6. The zero-order valence-corrected chi connectivity index (χ0v) is 11.9. The standard InChI is InChI=1S/C15H25NO2/c1-11(2)7-6-10-18-14-9-5-8-13(17-4)15(14)12(3)16/h5,8-9,11-12H,6-7,10,16H2,1-4H3. The lowest BCUT2D eigenvalue weighted by Gasteiger charge is -2.17. The van der Waals surface area contributed by atoms with Gasteiger partial charge in [0.1, 0.15) is 11.5 Å². The summed E-state index contributed by atoms with van der Waals surface area (Å²) in [6.45, 7) is 7.11. The van der Waals surface area contributed by atoms with E-state index in [1.54, 1.807) is 7.11 Å². The average Bonchev–Trinajstić information content (AvgIpc) is 2.33. The van der Waals surface area contributed by atoms with E-state index in [0.29, 0.717) is 5.92 Å². The van der Waals surface area contributed by atoms with Crippen LogP contribution >= 0.6 is 0 Å². The summed E-state index contributed by atoms with van der Waals surface area (Å²) in [6.07, 6.45) is 2.24. The molecule has 0 saturated heterocycles. The Morgan fingerprint density at radius 2 is 1.83 bits per heavy atom. The Morgan fingerprint density at radius 1 is 1.17 bits per heavy atom. The first kappa shape index (κ1) is 14.8. The molecule has 0 spiro atoms. The van der Waals surface area contributed by atoms with Gasteiger partial charge in [0.05, 0.1) is 19.3 Å². The third-order valence-electron chi connectivity index (χ3n) is 2.88. The summed E-state index contributed by atoms with van der Waals surface area (Å²) in [5.41, 5.74) is 6.93. The van der Waals surface area contributed by atoms with Crippen molar-refractivity contribution in [3.8, 4) is 11.5 Å². The molecule has 1 atom stereocenters. The first-order chi connectivity index (χ1) is 8.56. The second-order valence-corrected chi connectivity index (χ2v) is 5.05. The van der Waals surface area contributed by atoms with Crippen LogP contribution in [0, 0.1) is 5.92 Å². The molecule has 1 unspecified atom stereocenters. The Bertz CT molecular complexity index is 362. The summed E-state index contributed by atoms with van der Waals surface area (Å²) in [5, 5.41) is 0. The van der Waals surface area contributed by atoms with E-state index >= 15 is 0 Å². The summed E-state index contributed by atoms with van der Waals surface area (Å²) in [6, 6.07) is 5.71. The minimum atomic E-state index is -0.0961. The maximum Gasteiger partial charge on any atom is 0.127 e. The largest absolute Gasteiger partial charge is 0.496 e. The lowest BCUT2D eigenvalue weighted by Crippen LogP contribution is -2.10. The van der Waals surface area contributed by atoms with Crippen LogP contribution in [0.15, 0.2) is 18.2 Å². The number of rotatable bonds is 7. The van der Waals surface area contributed by atoms with Gasteiger partial charge in [0.15, 0.2) is 0 Å². The fraction of sp³-hybridized carbons (Fsp3) is 0.600. The van der Waals surface area contributed by atoms with Crippen molar-refractivity contribution in [1.29, 1.82) is 0 Å². The van der Waals surface area contributed by atoms with E-state index in [1.807, 2.05) is 25.1 Å². The maximum absolute atomic E-state index is 5.98. The molecule has 18 heavy (non-hydrogen) atoms. The molecule has 0 saturated carbocycles. The maximum atomic E-state index is 5.98. The molecule has 1 rings (SSSR count). The van der Waals surface area contributed by atoms with E-state index in [4.69, 9.17) is 15.2 Å². The Balaban J connectivity index is 2.69. The van der Waals surface area contributed by atoms with Crippen LogP contribution in [0.2, 0.25) is 0 Å². The summed E-state index contributed by atoms with van der Waals surface area (Å²) in [7, 11) is 1.66. The highest BCUT2D eigenvalue weighted by Gasteiger charge is 2.14. The third-order valence-corrected chi connectivity index (χ3v) is 2.88. The number of ether oxygens (including phenoxy) is 2. The fourth-order valence-electron chi connectivity index (χ4n) is 1.95. The highest BCUT2D eigenvalue weighted by atomic mass is 16.5. The number of benzene rings is 1. The van der Waals surface area contributed by atoms with Crippen LogP contribution in [0.4, 0.5) is 0 Å². The molecule has 0 radical (unpaired) electrons. The van der Waals surface area contributed by atoms with Crippen LogP contribution in [0.5, 0.6) is 11.5 Å². The molecule has 3 heteroatoms. The van der Waals surface area contributed by atoms with Crippen LogP contribution in [-0.4, -0.2) is 13.7 Å². The highest BCUT2D eigenvalue weighted by molar-refractivity contribution is 5.46. The van der Waals surface area contributed by atoms with Gasteiger partial charge in [-0.25, -0.2) is 0 Å². The highest BCUT2D eigenvalue weighted by Crippen LogP contribution is 2.32. The Morgan fingerprint density at radius 3 is 2.39 bits per heavy atom. The summed E-state index contributed by atoms with van der Waals surface area (Å²) >= 11 is 0. The van der Waals surface area contributed by atoms with Gasteiger partial charge in [0, 0.05) is 6.04 Å². The van der Waals surface area contributed by atoms with Gasteiger partial charge in [-0.1, -0.05) is 19.9 Å². The minimum Gasteiger partial charge on any atom is -0.496 e. The Hall–Kier alpha value is -1.22. The van der Waals surface area contributed by atoms with Crippen LogP contribution in [0.1, 0.15) is 45.2 Å². The molecule has 102 valence electrons. The van der Waals surface area contributed by atoms with E-state index in [1.165, 1.54) is 6.42 Å². The summed E-state index contributed by atoms with van der Waals surface area (Å²) in [4.78, 5) is 0. The van der Waals surface area contributed by atoms with E-state index in [9.17, 15) is 0 Å². The molecule has 3 nitrogen and oxygen atoms in total. The monoisotopic (exact) mass is 251 g/mol. The fourth-order valence-corrected chi connectivity index (χ4v) is 1.95. The number of nitrogens with two attached hydrogens (primary N) is 1. The SMILES string of the molecule is COc1cccc(OCCCC(C)C)c1C(C)N. The van der Waals surface area contributed by atoms with Crippen molar-refractivity contribution in [3.05, 3.63) is 23.8 Å². The topological polar surface area (TPSA) is 44.5 Å². The van der Waals surface area contributed by atoms with Gasteiger partial charge in [-0.15, -0.1) is 0 Å². The molecule has 0 aliphatic carbocycles. The van der Waals surface area contributed by atoms with Gasteiger partial charge in [-0.3, -0.25) is 0 Å². The molecule has 2 N–H and O–H groups in total. The van der Waals surface area contributed by atoms with Crippen LogP contribution in [0.25, 0.3) is 0 Å². The van der Waals surface area contributed by atoms with Crippen LogP contribution in [-0.2, 0) is 0 Å². The van der Waals surface area contributed by atoms with Gasteiger partial charge in [-0.05, 0) is 37.8 Å². The minimum absolute atomic E-state index is 0.0961. The molecule has 1 aromatic carbocycles. The zero-order valence-electron chi connectivity index (χ0n) is 11.9. The molecule has 0 amide bonds. The van der Waals surface area contributed by atoms with E-state index < -0.39 is 0 Å². The predicted molar refractivity (Wildman–Crippen MR) is 75.2 cm³/mol. The molecule has 0 fully saturated rings. The number of methoxy groups -OCH3 is 1. The van der Waals surface area contributed by atoms with Crippen molar-refractivity contribution in [3.63, 3.8) is 0 Å². The summed E-state index contributed by atoms with van der Waals surface area (Å²) < 4.78 is 11.2. The molecule has 0 bridgehead atoms. The van der Waals surface area contributed by atoms with Crippen molar-refractivity contribution in [2.75, 3.05) is 13.7 Å². The number of hydrogen-bond donors (Lipinski definition) is 1. The second-order valence-electron chi connectivity index (χ2n) is 5.05. The van der Waals surface area contributed by atoms with Gasteiger partial charge in [0.25, 0.3) is 0 Å². The van der Waals surface area contributed by atoms with Gasteiger partial charge >= 0.3 is 0 Å². The zero-order chi connectivity index (χ0) is 13.5. The molecule has 0 heterocycles. The molecule has 0 aromatic heterocycles. The molecule has 0 aliphatic rings. The molecule has 1 aromatic rings. The number of hydrogen-bond acceptors (Lipinski definition) is 3. The van der Waals surface area contributed by atoms with Gasteiger partial charge in [0.2, 0.25) is 0 Å². The average molecular weight is 251 g/mol. The van der Waals surface area contributed by atoms with Crippen LogP contribution in [0.3, 0.4) is 0 Å². The Kier molecular flexibility index (Phi) is 5.99. The van der Waals surface area contributed by atoms with Crippen molar-refractivity contribution in [2.24, 2.45) is 11.7 Å². The first-order valence-electron chi connectivity index (χ1n) is 6.61. The first-order valence-corrected chi connectivity index (χ1v) is 6.61.